The molecule has 0 saturated carbocycles. The highest BCUT2D eigenvalue weighted by Crippen LogP contribution is 2.43. The third kappa shape index (κ3) is 5.22. The molecular formula is C24H24Cl2N4O2S2. The van der Waals surface area contributed by atoms with E-state index in [1.54, 1.807) is 22.6 Å². The molecule has 1 aliphatic carbocycles. The van der Waals surface area contributed by atoms with Crippen LogP contribution in [0.2, 0.25) is 10.0 Å². The fourth-order valence-corrected chi connectivity index (χ4v) is 6.84. The highest BCUT2D eigenvalue weighted by Gasteiger charge is 2.28. The molecule has 2 N–H and O–H groups in total. The van der Waals surface area contributed by atoms with Crippen LogP contribution in [-0.4, -0.2) is 52.4 Å². The lowest BCUT2D eigenvalue weighted by Crippen LogP contribution is -2.46. The Bertz CT molecular complexity index is 1240. The van der Waals surface area contributed by atoms with Crippen molar-refractivity contribution in [2.24, 2.45) is 0 Å². The molecule has 5 rings (SSSR count). The molecule has 2 heterocycles. The van der Waals surface area contributed by atoms with Crippen LogP contribution in [0.15, 0.2) is 40.7 Å². The second kappa shape index (κ2) is 10.0. The van der Waals surface area contributed by atoms with E-state index in [0.29, 0.717) is 23.2 Å². The monoisotopic (exact) mass is 534 g/mol. The van der Waals surface area contributed by atoms with Gasteiger partial charge in [-0.1, -0.05) is 35.3 Å². The summed E-state index contributed by atoms with van der Waals surface area (Å²) >= 11 is 15.2. The Hall–Kier alpha value is -1.81. The van der Waals surface area contributed by atoms with Gasteiger partial charge in [0.15, 0.2) is 4.34 Å². The summed E-state index contributed by atoms with van der Waals surface area (Å²) in [7, 11) is 0. The highest BCUT2D eigenvalue weighted by atomic mass is 35.5. The number of nitrogens with zero attached hydrogens (tertiary/aromatic N) is 3. The quantitative estimate of drug-likeness (QED) is 0.265. The average molecular weight is 536 g/mol. The molecule has 1 fully saturated rings. The molecular weight excluding hydrogens is 511 g/mol. The Morgan fingerprint density at radius 3 is 2.94 bits per heavy atom. The maximum absolute atomic E-state index is 12.5. The van der Waals surface area contributed by atoms with Crippen molar-refractivity contribution in [1.29, 1.82) is 0 Å². The number of benzene rings is 2. The number of nitrogen functional groups attached to an aromatic ring is 1. The van der Waals surface area contributed by atoms with E-state index >= 15 is 0 Å². The van der Waals surface area contributed by atoms with Crippen LogP contribution in [0.1, 0.15) is 22.9 Å². The maximum Gasteiger partial charge on any atom is 0.229 e. The van der Waals surface area contributed by atoms with Crippen LogP contribution in [0.3, 0.4) is 0 Å². The lowest BCUT2D eigenvalue weighted by Gasteiger charge is -2.35. The van der Waals surface area contributed by atoms with Gasteiger partial charge in [-0.3, -0.25) is 14.0 Å². The molecule has 1 amide bonds. The number of ether oxygens (including phenoxy) is 1. The summed E-state index contributed by atoms with van der Waals surface area (Å²) in [5.74, 6) is -0.0183. The fraction of sp³-hybridized carbons (Fsp3) is 0.333. The van der Waals surface area contributed by atoms with Crippen molar-refractivity contribution in [2.75, 3.05) is 32.0 Å². The molecule has 0 unspecified atom stereocenters. The highest BCUT2D eigenvalue weighted by molar-refractivity contribution is 7.99. The Morgan fingerprint density at radius 2 is 2.15 bits per heavy atom. The summed E-state index contributed by atoms with van der Waals surface area (Å²) in [4.78, 5) is 20.8. The Morgan fingerprint density at radius 1 is 1.29 bits per heavy atom. The van der Waals surface area contributed by atoms with E-state index in [-0.39, 0.29) is 12.0 Å². The van der Waals surface area contributed by atoms with Gasteiger partial charge in [0.05, 0.1) is 35.0 Å². The van der Waals surface area contributed by atoms with Gasteiger partial charge in [0, 0.05) is 61.1 Å². The average Bonchev–Trinajstić information content (AvgIpc) is 3.33. The molecule has 1 aliphatic heterocycles. The number of hydrogen-bond donors (Lipinski definition) is 1. The van der Waals surface area contributed by atoms with E-state index in [2.05, 4.69) is 11.0 Å². The minimum absolute atomic E-state index is 0.0183. The minimum atomic E-state index is -0.0831. The number of morpholine rings is 1. The summed E-state index contributed by atoms with van der Waals surface area (Å²) < 4.78 is 8.61. The van der Waals surface area contributed by atoms with Crippen molar-refractivity contribution >= 4 is 58.1 Å². The minimum Gasteiger partial charge on any atom is -0.399 e. The van der Waals surface area contributed by atoms with Crippen molar-refractivity contribution in [1.82, 2.24) is 14.2 Å². The molecule has 0 radical (unpaired) electrons. The van der Waals surface area contributed by atoms with E-state index in [9.17, 15) is 4.79 Å². The van der Waals surface area contributed by atoms with Crippen molar-refractivity contribution in [3.8, 4) is 11.3 Å². The van der Waals surface area contributed by atoms with Crippen LogP contribution in [0.4, 0.5) is 5.69 Å². The summed E-state index contributed by atoms with van der Waals surface area (Å²) in [5.41, 5.74) is 11.2. The van der Waals surface area contributed by atoms with E-state index in [1.165, 1.54) is 22.4 Å². The standard InChI is InChI=1S/C24H24Cl2N4O2S2/c1-14(31)30(34-24-28-23-19-10-17(27)4-3-16(19)9-22(23)33-24)13-18-12-29(6-7-32-18)11-15-2-5-20(25)21(26)8-15/h2-5,8,10,18H,6-7,9,11-13,27H2,1H3/t18-/m0/s1. The van der Waals surface area contributed by atoms with E-state index < -0.39 is 0 Å². The normalized spacial score (nSPS) is 17.4. The number of carbonyl (C=O) groups is 1. The first-order valence-corrected chi connectivity index (χ1v) is 13.3. The molecule has 6 nitrogen and oxygen atoms in total. The summed E-state index contributed by atoms with van der Waals surface area (Å²) in [6.07, 6.45) is 0.777. The molecule has 10 heteroatoms. The number of thiazole rings is 1. The molecule has 2 aromatic carbocycles. The number of aromatic nitrogens is 1. The first kappa shape index (κ1) is 23.9. The lowest BCUT2D eigenvalue weighted by molar-refractivity contribution is -0.126. The van der Waals surface area contributed by atoms with Gasteiger partial charge in [0.1, 0.15) is 0 Å². The molecule has 178 valence electrons. The smallest absolute Gasteiger partial charge is 0.229 e. The fourth-order valence-electron chi connectivity index (χ4n) is 4.28. The van der Waals surface area contributed by atoms with Gasteiger partial charge in [-0.25, -0.2) is 4.98 Å². The largest absolute Gasteiger partial charge is 0.399 e. The van der Waals surface area contributed by atoms with Gasteiger partial charge in [0.2, 0.25) is 5.91 Å². The summed E-state index contributed by atoms with van der Waals surface area (Å²) in [6, 6.07) is 11.7. The summed E-state index contributed by atoms with van der Waals surface area (Å²) in [5, 5.41) is 1.11. The topological polar surface area (TPSA) is 71.7 Å². The first-order chi connectivity index (χ1) is 16.4. The number of nitrogens with two attached hydrogens (primary N) is 1. The number of rotatable bonds is 6. The van der Waals surface area contributed by atoms with Crippen LogP contribution >= 0.6 is 46.5 Å². The van der Waals surface area contributed by atoms with E-state index in [4.69, 9.17) is 38.7 Å². The Balaban J connectivity index is 1.23. The molecule has 1 saturated heterocycles. The van der Waals surface area contributed by atoms with Crippen LogP contribution < -0.4 is 5.73 Å². The number of fused-ring (bicyclic) bond motifs is 3. The number of halogens is 2. The molecule has 0 spiro atoms. The molecule has 1 atom stereocenters. The first-order valence-electron chi connectivity index (χ1n) is 11.0. The Labute approximate surface area is 217 Å². The van der Waals surface area contributed by atoms with Crippen molar-refractivity contribution in [3.05, 3.63) is 62.4 Å². The molecule has 1 aromatic heterocycles. The van der Waals surface area contributed by atoms with Crippen molar-refractivity contribution in [3.63, 3.8) is 0 Å². The zero-order valence-corrected chi connectivity index (χ0v) is 21.7. The number of amides is 1. The van der Waals surface area contributed by atoms with Gasteiger partial charge >= 0.3 is 0 Å². The van der Waals surface area contributed by atoms with Crippen LogP contribution in [0.25, 0.3) is 11.3 Å². The van der Waals surface area contributed by atoms with Crippen molar-refractivity contribution < 1.29 is 9.53 Å². The van der Waals surface area contributed by atoms with Gasteiger partial charge in [-0.2, -0.15) is 0 Å². The third-order valence-electron chi connectivity index (χ3n) is 5.94. The van der Waals surface area contributed by atoms with Crippen molar-refractivity contribution in [2.45, 2.75) is 30.3 Å². The van der Waals surface area contributed by atoms with Gasteiger partial charge in [-0.05, 0) is 35.4 Å². The molecule has 3 aromatic rings. The Kier molecular flexibility index (Phi) is 7.07. The van der Waals surface area contributed by atoms with Crippen LogP contribution in [-0.2, 0) is 22.5 Å². The van der Waals surface area contributed by atoms with Crippen LogP contribution in [0, 0.1) is 0 Å². The van der Waals surface area contributed by atoms with Gasteiger partial charge < -0.3 is 10.5 Å². The van der Waals surface area contributed by atoms with Gasteiger partial charge in [-0.15, -0.1) is 11.3 Å². The zero-order chi connectivity index (χ0) is 23.8. The molecule has 0 bridgehead atoms. The summed E-state index contributed by atoms with van der Waals surface area (Å²) in [6.45, 7) is 5.00. The third-order valence-corrected chi connectivity index (χ3v) is 8.88. The zero-order valence-electron chi connectivity index (χ0n) is 18.6. The lowest BCUT2D eigenvalue weighted by atomic mass is 10.1. The van der Waals surface area contributed by atoms with Gasteiger partial charge in [0.25, 0.3) is 0 Å². The number of hydrogen-bond acceptors (Lipinski definition) is 7. The molecule has 34 heavy (non-hydrogen) atoms. The van der Waals surface area contributed by atoms with Crippen LogP contribution in [0.5, 0.6) is 0 Å². The predicted octanol–water partition coefficient (Wildman–Crippen LogP) is 5.36. The number of carbonyl (C=O) groups excluding carboxylic acids is 1. The second-order valence-electron chi connectivity index (χ2n) is 8.49. The molecule has 2 aliphatic rings. The number of anilines is 1. The van der Waals surface area contributed by atoms with E-state index in [1.807, 2.05) is 30.3 Å². The maximum atomic E-state index is 12.5. The predicted molar refractivity (Wildman–Crippen MR) is 139 cm³/mol. The van der Waals surface area contributed by atoms with E-state index in [0.717, 1.165) is 52.9 Å². The second-order valence-corrected chi connectivity index (χ2v) is 11.7. The SMILES string of the molecule is CC(=O)N(C[C@@H]1CN(Cc2ccc(Cl)c(Cl)c2)CCO1)Sc1nc2c(s1)Cc1ccc(N)cc1-2.